The van der Waals surface area contributed by atoms with Crippen LogP contribution in [0, 0.1) is 0 Å². The summed E-state index contributed by atoms with van der Waals surface area (Å²) in [7, 11) is 3.70. The van der Waals surface area contributed by atoms with E-state index in [4.69, 9.17) is 10.5 Å². The molecule has 0 aliphatic rings. The van der Waals surface area contributed by atoms with Gasteiger partial charge in [-0.25, -0.2) is 0 Å². The smallest absolute Gasteiger partial charge is 0.142 e. The molecule has 0 bridgehead atoms. The van der Waals surface area contributed by atoms with Crippen LogP contribution >= 0.6 is 15.9 Å². The fraction of sp³-hybridized carbons (Fsp3) is 0.250. The third kappa shape index (κ3) is 2.97. The lowest BCUT2D eigenvalue weighted by molar-refractivity contribution is 0.415. The predicted molar refractivity (Wildman–Crippen MR) is 87.8 cm³/mol. The Labute approximate surface area is 128 Å². The monoisotopic (exact) mass is 334 g/mol. The van der Waals surface area contributed by atoms with Gasteiger partial charge < -0.3 is 15.4 Å². The van der Waals surface area contributed by atoms with E-state index >= 15 is 0 Å². The number of nitrogens with zero attached hydrogens (tertiary/aromatic N) is 1. The van der Waals surface area contributed by atoms with Gasteiger partial charge in [-0.2, -0.15) is 0 Å². The highest BCUT2D eigenvalue weighted by Crippen LogP contribution is 2.36. The molecule has 0 amide bonds. The van der Waals surface area contributed by atoms with E-state index < -0.39 is 0 Å². The second-order valence-electron chi connectivity index (χ2n) is 4.73. The highest BCUT2D eigenvalue weighted by molar-refractivity contribution is 9.10. The molecule has 2 aromatic carbocycles. The van der Waals surface area contributed by atoms with Gasteiger partial charge in [-0.05, 0) is 52.7 Å². The number of para-hydroxylation sites is 2. The van der Waals surface area contributed by atoms with E-state index in [1.54, 1.807) is 7.11 Å². The Bertz CT molecular complexity index is 599. The minimum Gasteiger partial charge on any atom is -0.495 e. The number of anilines is 2. The van der Waals surface area contributed by atoms with Gasteiger partial charge in [0.15, 0.2) is 0 Å². The van der Waals surface area contributed by atoms with Crippen LogP contribution in [0.4, 0.5) is 11.4 Å². The first-order chi connectivity index (χ1) is 9.54. The van der Waals surface area contributed by atoms with Crippen molar-refractivity contribution in [2.45, 2.75) is 13.0 Å². The van der Waals surface area contributed by atoms with Crippen molar-refractivity contribution >= 4 is 27.3 Å². The Kier molecular flexibility index (Phi) is 4.68. The van der Waals surface area contributed by atoms with Crippen molar-refractivity contribution in [1.82, 2.24) is 0 Å². The maximum absolute atomic E-state index is 5.91. The number of benzene rings is 2. The molecule has 0 unspecified atom stereocenters. The molecule has 0 radical (unpaired) electrons. The lowest BCUT2D eigenvalue weighted by atomic mass is 10.1. The number of halogens is 1. The molecule has 3 nitrogen and oxygen atoms in total. The number of methoxy groups -OCH3 is 1. The molecule has 0 spiro atoms. The molecule has 2 N–H and O–H groups in total. The van der Waals surface area contributed by atoms with Gasteiger partial charge in [0, 0.05) is 17.6 Å². The van der Waals surface area contributed by atoms with Crippen LogP contribution in [0.3, 0.4) is 0 Å². The largest absolute Gasteiger partial charge is 0.495 e. The van der Waals surface area contributed by atoms with Gasteiger partial charge in [-0.1, -0.05) is 18.2 Å². The van der Waals surface area contributed by atoms with Crippen molar-refractivity contribution in [3.63, 3.8) is 0 Å². The fourth-order valence-corrected chi connectivity index (χ4v) is 2.78. The maximum Gasteiger partial charge on any atom is 0.142 e. The molecule has 106 valence electrons. The first-order valence-electron chi connectivity index (χ1n) is 6.46. The Morgan fingerprint density at radius 2 is 1.85 bits per heavy atom. The van der Waals surface area contributed by atoms with Gasteiger partial charge in [0.05, 0.1) is 18.5 Å². The first-order valence-corrected chi connectivity index (χ1v) is 7.25. The highest BCUT2D eigenvalue weighted by atomic mass is 79.9. The Balaban J connectivity index is 2.40. The summed E-state index contributed by atoms with van der Waals surface area (Å²) in [5.41, 5.74) is 9.10. The van der Waals surface area contributed by atoms with Crippen molar-refractivity contribution in [3.8, 4) is 5.75 Å². The molecule has 0 aromatic heterocycles. The van der Waals surface area contributed by atoms with Crippen LogP contribution in [-0.2, 0) is 0 Å². The summed E-state index contributed by atoms with van der Waals surface area (Å²) in [6.07, 6.45) is 0. The number of hydrogen-bond acceptors (Lipinski definition) is 3. The van der Waals surface area contributed by atoms with Crippen LogP contribution in [-0.4, -0.2) is 14.2 Å². The second kappa shape index (κ2) is 6.29. The second-order valence-corrected chi connectivity index (χ2v) is 5.58. The molecule has 1 atom stereocenters. The molecular weight excluding hydrogens is 316 g/mol. The van der Waals surface area contributed by atoms with Gasteiger partial charge in [-0.15, -0.1) is 0 Å². The maximum atomic E-state index is 5.91. The molecule has 2 aromatic rings. The van der Waals surface area contributed by atoms with Crippen LogP contribution in [0.25, 0.3) is 0 Å². The number of rotatable bonds is 4. The van der Waals surface area contributed by atoms with Crippen LogP contribution in [0.15, 0.2) is 46.9 Å². The zero-order chi connectivity index (χ0) is 14.7. The molecule has 0 fully saturated rings. The molecule has 0 saturated heterocycles. The van der Waals surface area contributed by atoms with Crippen LogP contribution < -0.4 is 15.4 Å². The minimum atomic E-state index is 0.0249. The number of nitrogens with two attached hydrogens (primary N) is 1. The van der Waals surface area contributed by atoms with Crippen LogP contribution in [0.2, 0.25) is 0 Å². The van der Waals surface area contributed by atoms with Gasteiger partial charge in [-0.3, -0.25) is 0 Å². The summed E-state index contributed by atoms with van der Waals surface area (Å²) < 4.78 is 6.43. The standard InChI is InChI=1S/C16H19BrN2O/c1-11(18)12-8-9-14(13(17)10-12)19(2)15-6-4-5-7-16(15)20-3/h4-11H,18H2,1-3H3/t11-/m1/s1. The van der Waals surface area contributed by atoms with Crippen molar-refractivity contribution in [2.75, 3.05) is 19.1 Å². The predicted octanol–water partition coefficient (Wildman–Crippen LogP) is 4.25. The molecule has 20 heavy (non-hydrogen) atoms. The number of ether oxygens (including phenoxy) is 1. The lowest BCUT2D eigenvalue weighted by Gasteiger charge is -2.23. The summed E-state index contributed by atoms with van der Waals surface area (Å²) in [6, 6.07) is 14.2. The van der Waals surface area contributed by atoms with E-state index in [0.717, 1.165) is 27.2 Å². The molecule has 0 aliphatic carbocycles. The zero-order valence-corrected chi connectivity index (χ0v) is 13.5. The Morgan fingerprint density at radius 3 is 2.45 bits per heavy atom. The van der Waals surface area contributed by atoms with E-state index in [0.29, 0.717) is 0 Å². The Hall–Kier alpha value is -1.52. The van der Waals surface area contributed by atoms with Crippen molar-refractivity contribution in [1.29, 1.82) is 0 Å². The summed E-state index contributed by atoms with van der Waals surface area (Å²) in [5, 5.41) is 0. The molecular formula is C16H19BrN2O. The van der Waals surface area contributed by atoms with Crippen LogP contribution in [0.5, 0.6) is 5.75 Å². The molecule has 0 aliphatic heterocycles. The van der Waals surface area contributed by atoms with E-state index in [1.807, 2.05) is 38.2 Å². The SMILES string of the molecule is COc1ccccc1N(C)c1ccc([C@@H](C)N)cc1Br. The topological polar surface area (TPSA) is 38.5 Å². The third-order valence-corrected chi connectivity index (χ3v) is 3.94. The van der Waals surface area contributed by atoms with Gasteiger partial charge in [0.1, 0.15) is 5.75 Å². The Morgan fingerprint density at radius 1 is 1.15 bits per heavy atom. The minimum absolute atomic E-state index is 0.0249. The average molecular weight is 335 g/mol. The van der Waals surface area contributed by atoms with Gasteiger partial charge in [0.25, 0.3) is 0 Å². The van der Waals surface area contributed by atoms with E-state index in [1.165, 1.54) is 0 Å². The third-order valence-electron chi connectivity index (χ3n) is 3.31. The normalized spacial score (nSPS) is 12.1. The van der Waals surface area contributed by atoms with E-state index in [-0.39, 0.29) is 6.04 Å². The molecule has 4 heteroatoms. The zero-order valence-electron chi connectivity index (χ0n) is 11.9. The van der Waals surface area contributed by atoms with Gasteiger partial charge >= 0.3 is 0 Å². The van der Waals surface area contributed by atoms with Gasteiger partial charge in [0.2, 0.25) is 0 Å². The van der Waals surface area contributed by atoms with E-state index in [9.17, 15) is 0 Å². The summed E-state index contributed by atoms with van der Waals surface area (Å²) in [6.45, 7) is 1.98. The van der Waals surface area contributed by atoms with E-state index in [2.05, 4.69) is 39.0 Å². The quantitative estimate of drug-likeness (QED) is 0.908. The van der Waals surface area contributed by atoms with Crippen molar-refractivity contribution in [3.05, 3.63) is 52.5 Å². The average Bonchev–Trinajstić information content (AvgIpc) is 2.46. The highest BCUT2D eigenvalue weighted by Gasteiger charge is 2.13. The lowest BCUT2D eigenvalue weighted by Crippen LogP contribution is -2.12. The molecule has 2 rings (SSSR count). The molecule has 0 saturated carbocycles. The van der Waals surface area contributed by atoms with Crippen LogP contribution in [0.1, 0.15) is 18.5 Å². The summed E-state index contributed by atoms with van der Waals surface area (Å²) in [5.74, 6) is 0.846. The first kappa shape index (κ1) is 14.9. The molecule has 0 heterocycles. The fourth-order valence-electron chi connectivity index (χ4n) is 2.12. The van der Waals surface area contributed by atoms with Crippen molar-refractivity contribution < 1.29 is 4.74 Å². The summed E-state index contributed by atoms with van der Waals surface area (Å²) >= 11 is 3.62. The summed E-state index contributed by atoms with van der Waals surface area (Å²) in [4.78, 5) is 2.09. The van der Waals surface area contributed by atoms with Crippen molar-refractivity contribution in [2.24, 2.45) is 5.73 Å². The number of hydrogen-bond donors (Lipinski definition) is 1.